The Kier molecular flexibility index (Phi) is 5.63. The summed E-state index contributed by atoms with van der Waals surface area (Å²) < 4.78 is 0. The second-order valence-electron chi connectivity index (χ2n) is 7.39. The van der Waals surface area contributed by atoms with Crippen molar-refractivity contribution in [1.29, 1.82) is 0 Å². The normalized spacial score (nSPS) is 21.8. The van der Waals surface area contributed by atoms with Gasteiger partial charge in [-0.2, -0.15) is 0 Å². The highest BCUT2D eigenvalue weighted by molar-refractivity contribution is 8.00. The summed E-state index contributed by atoms with van der Waals surface area (Å²) in [5.74, 6) is 0.341. The van der Waals surface area contributed by atoms with E-state index in [1.807, 2.05) is 0 Å². The number of thioether (sulfide) groups is 1. The predicted molar refractivity (Wildman–Crippen MR) is 108 cm³/mol. The van der Waals surface area contributed by atoms with Gasteiger partial charge in [0.2, 0.25) is 5.91 Å². The molecular weight excluding hydrogens is 380 g/mol. The topological polar surface area (TPSA) is 84.0 Å². The molecule has 0 aromatic carbocycles. The summed E-state index contributed by atoms with van der Waals surface area (Å²) in [5, 5.41) is 7.36. The van der Waals surface area contributed by atoms with Crippen LogP contribution < -0.4 is 10.6 Å². The fourth-order valence-electron chi connectivity index (χ4n) is 4.04. The number of carbonyl (C=O) groups is 2. The fraction of sp³-hybridized carbons (Fsp3) is 0.579. The molecule has 3 amide bonds. The van der Waals surface area contributed by atoms with Gasteiger partial charge in [0.05, 0.1) is 5.75 Å². The third kappa shape index (κ3) is 4.11. The SMILES string of the molecule is C[C@@H]1CCCC[C@@H]1NC(=O)NC(=O)CSc1ncnc2sc3c(c12)CCC3. The first-order chi connectivity index (χ1) is 13.1. The van der Waals surface area contributed by atoms with E-state index in [4.69, 9.17) is 0 Å². The summed E-state index contributed by atoms with van der Waals surface area (Å²) in [6, 6.07) is -0.224. The Labute approximate surface area is 166 Å². The van der Waals surface area contributed by atoms with Crippen LogP contribution in [0.25, 0.3) is 10.2 Å². The first kappa shape index (κ1) is 18.7. The van der Waals surface area contributed by atoms with Crippen LogP contribution in [0.2, 0.25) is 0 Å². The second-order valence-corrected chi connectivity index (χ2v) is 9.44. The summed E-state index contributed by atoms with van der Waals surface area (Å²) in [5.41, 5.74) is 1.35. The van der Waals surface area contributed by atoms with Gasteiger partial charge in [-0.15, -0.1) is 11.3 Å². The fourth-order valence-corrected chi connectivity index (χ4v) is 6.16. The molecule has 2 aromatic heterocycles. The number of urea groups is 1. The Bertz CT molecular complexity index is 867. The van der Waals surface area contributed by atoms with E-state index in [-0.39, 0.29) is 23.7 Å². The molecule has 0 saturated heterocycles. The molecule has 1 fully saturated rings. The van der Waals surface area contributed by atoms with Gasteiger partial charge in [-0.3, -0.25) is 10.1 Å². The minimum Gasteiger partial charge on any atom is -0.335 e. The van der Waals surface area contributed by atoms with Crippen LogP contribution in [-0.2, 0) is 17.6 Å². The highest BCUT2D eigenvalue weighted by Gasteiger charge is 2.24. The van der Waals surface area contributed by atoms with Gasteiger partial charge in [-0.25, -0.2) is 14.8 Å². The molecule has 6 nitrogen and oxygen atoms in total. The van der Waals surface area contributed by atoms with Gasteiger partial charge in [0, 0.05) is 16.3 Å². The van der Waals surface area contributed by atoms with Crippen molar-refractivity contribution in [3.63, 3.8) is 0 Å². The van der Waals surface area contributed by atoms with Crippen LogP contribution in [0.1, 0.15) is 49.5 Å². The molecule has 0 unspecified atom stereocenters. The standard InChI is InChI=1S/C19H24N4O2S2/c1-11-5-2-3-7-13(11)22-19(25)23-15(24)9-26-17-16-12-6-4-8-14(12)27-18(16)21-10-20-17/h10-11,13H,2-9H2,1H3,(H2,22,23,24,25)/t11-,13+/m1/s1. The van der Waals surface area contributed by atoms with Crippen LogP contribution in [0.4, 0.5) is 4.79 Å². The van der Waals surface area contributed by atoms with Crippen molar-refractivity contribution in [2.45, 2.75) is 62.9 Å². The van der Waals surface area contributed by atoms with Crippen LogP contribution in [0.15, 0.2) is 11.4 Å². The zero-order valence-electron chi connectivity index (χ0n) is 15.4. The number of hydrogen-bond donors (Lipinski definition) is 2. The number of aromatic nitrogens is 2. The number of thiophene rings is 1. The zero-order valence-corrected chi connectivity index (χ0v) is 17.0. The lowest BCUT2D eigenvalue weighted by molar-refractivity contribution is -0.117. The number of rotatable bonds is 4. The highest BCUT2D eigenvalue weighted by Crippen LogP contribution is 2.39. The summed E-state index contributed by atoms with van der Waals surface area (Å²) >= 11 is 3.12. The van der Waals surface area contributed by atoms with E-state index < -0.39 is 0 Å². The summed E-state index contributed by atoms with van der Waals surface area (Å²) in [6.45, 7) is 2.15. The van der Waals surface area contributed by atoms with Crippen LogP contribution in [0.3, 0.4) is 0 Å². The number of nitrogens with zero attached hydrogens (tertiary/aromatic N) is 2. The lowest BCUT2D eigenvalue weighted by Crippen LogP contribution is -2.48. The molecular formula is C19H24N4O2S2. The van der Waals surface area contributed by atoms with Gasteiger partial charge >= 0.3 is 6.03 Å². The smallest absolute Gasteiger partial charge is 0.321 e. The Hall–Kier alpha value is -1.67. The van der Waals surface area contributed by atoms with E-state index in [0.717, 1.165) is 47.3 Å². The summed E-state index contributed by atoms with van der Waals surface area (Å²) in [7, 11) is 0. The van der Waals surface area contributed by atoms with Crippen LogP contribution in [0.5, 0.6) is 0 Å². The quantitative estimate of drug-likeness (QED) is 0.600. The summed E-state index contributed by atoms with van der Waals surface area (Å²) in [4.78, 5) is 35.5. The first-order valence-electron chi connectivity index (χ1n) is 9.60. The van der Waals surface area contributed by atoms with Gasteiger partial charge in [-0.05, 0) is 43.6 Å². The predicted octanol–water partition coefficient (Wildman–Crippen LogP) is 3.68. The van der Waals surface area contributed by atoms with Gasteiger partial charge in [0.25, 0.3) is 0 Å². The molecule has 0 bridgehead atoms. The van der Waals surface area contributed by atoms with E-state index in [1.54, 1.807) is 17.7 Å². The van der Waals surface area contributed by atoms with E-state index in [9.17, 15) is 9.59 Å². The molecule has 4 rings (SSSR count). The van der Waals surface area contributed by atoms with Crippen molar-refractivity contribution < 1.29 is 9.59 Å². The van der Waals surface area contributed by atoms with Crippen LogP contribution in [0, 0.1) is 5.92 Å². The molecule has 27 heavy (non-hydrogen) atoms. The molecule has 0 radical (unpaired) electrons. The lowest BCUT2D eigenvalue weighted by atomic mass is 9.86. The lowest BCUT2D eigenvalue weighted by Gasteiger charge is -2.29. The van der Waals surface area contributed by atoms with Crippen molar-refractivity contribution in [2.24, 2.45) is 5.92 Å². The number of amides is 3. The molecule has 2 aliphatic carbocycles. The maximum absolute atomic E-state index is 12.2. The van der Waals surface area contributed by atoms with Crippen molar-refractivity contribution in [3.05, 3.63) is 16.8 Å². The van der Waals surface area contributed by atoms with Crippen LogP contribution in [-0.4, -0.2) is 33.7 Å². The zero-order chi connectivity index (χ0) is 18.8. The highest BCUT2D eigenvalue weighted by atomic mass is 32.2. The van der Waals surface area contributed by atoms with Crippen molar-refractivity contribution in [2.75, 3.05) is 5.75 Å². The molecule has 2 N–H and O–H groups in total. The van der Waals surface area contributed by atoms with Gasteiger partial charge in [0.1, 0.15) is 16.2 Å². The van der Waals surface area contributed by atoms with E-state index >= 15 is 0 Å². The van der Waals surface area contributed by atoms with E-state index in [2.05, 4.69) is 27.5 Å². The molecule has 144 valence electrons. The van der Waals surface area contributed by atoms with Crippen LogP contribution >= 0.6 is 23.1 Å². The summed E-state index contributed by atoms with van der Waals surface area (Å²) in [6.07, 6.45) is 9.38. The van der Waals surface area contributed by atoms with E-state index in [0.29, 0.717) is 5.92 Å². The minimum absolute atomic E-state index is 0.161. The largest absolute Gasteiger partial charge is 0.335 e. The second kappa shape index (κ2) is 8.14. The average molecular weight is 405 g/mol. The van der Waals surface area contributed by atoms with Gasteiger partial charge in [0.15, 0.2) is 0 Å². The van der Waals surface area contributed by atoms with Crippen molar-refractivity contribution >= 4 is 45.3 Å². The molecule has 8 heteroatoms. The van der Waals surface area contributed by atoms with Crippen molar-refractivity contribution in [3.8, 4) is 0 Å². The molecule has 0 aliphatic heterocycles. The molecule has 2 heterocycles. The molecule has 1 saturated carbocycles. The minimum atomic E-state index is -0.386. The Morgan fingerprint density at radius 1 is 1.22 bits per heavy atom. The molecule has 0 spiro atoms. The third-order valence-electron chi connectivity index (χ3n) is 5.49. The number of nitrogens with one attached hydrogen (secondary N) is 2. The Morgan fingerprint density at radius 2 is 2.07 bits per heavy atom. The maximum atomic E-state index is 12.2. The average Bonchev–Trinajstić information content (AvgIpc) is 3.23. The Morgan fingerprint density at radius 3 is 2.93 bits per heavy atom. The molecule has 2 atom stereocenters. The Balaban J connectivity index is 1.34. The maximum Gasteiger partial charge on any atom is 0.321 e. The number of fused-ring (bicyclic) bond motifs is 3. The number of hydrogen-bond acceptors (Lipinski definition) is 6. The molecule has 2 aliphatic rings. The van der Waals surface area contributed by atoms with Gasteiger partial charge in [-0.1, -0.05) is 31.5 Å². The number of carbonyl (C=O) groups excluding carboxylic acids is 2. The van der Waals surface area contributed by atoms with Gasteiger partial charge < -0.3 is 5.32 Å². The number of aryl methyl sites for hydroxylation is 2. The first-order valence-corrected chi connectivity index (χ1v) is 11.4. The van der Waals surface area contributed by atoms with E-state index in [1.165, 1.54) is 35.0 Å². The van der Waals surface area contributed by atoms with Crippen molar-refractivity contribution in [1.82, 2.24) is 20.6 Å². The molecule has 2 aromatic rings. The number of imide groups is 1. The third-order valence-corrected chi connectivity index (χ3v) is 7.68. The monoisotopic (exact) mass is 404 g/mol.